The molecule has 0 saturated carbocycles. The van der Waals surface area contributed by atoms with Gasteiger partial charge in [0.05, 0.1) is 19.9 Å². The monoisotopic (exact) mass is 393 g/mol. The minimum Gasteiger partial charge on any atom is -0.497 e. The van der Waals surface area contributed by atoms with Crippen molar-refractivity contribution >= 4 is 17.7 Å². The summed E-state index contributed by atoms with van der Waals surface area (Å²) in [5, 5.41) is 2.73. The van der Waals surface area contributed by atoms with Crippen molar-refractivity contribution in [2.75, 3.05) is 26.1 Å². The largest absolute Gasteiger partial charge is 0.497 e. The van der Waals surface area contributed by atoms with Gasteiger partial charge in [-0.05, 0) is 42.5 Å². The number of benzene rings is 2. The summed E-state index contributed by atoms with van der Waals surface area (Å²) in [7, 11) is 2.88. The molecule has 0 atom stereocenters. The van der Waals surface area contributed by atoms with Crippen molar-refractivity contribution in [3.8, 4) is 22.8 Å². The number of nitrogens with one attached hydrogen (secondary N) is 1. The highest BCUT2D eigenvalue weighted by atomic mass is 16.6. The number of hydrogen-bond acceptors (Lipinski definition) is 7. The molecule has 0 radical (unpaired) electrons. The van der Waals surface area contributed by atoms with Gasteiger partial charge in [0.2, 0.25) is 0 Å². The van der Waals surface area contributed by atoms with E-state index in [0.29, 0.717) is 22.8 Å². The quantitative estimate of drug-likeness (QED) is 0.616. The normalized spacial score (nSPS) is 10.1. The van der Waals surface area contributed by atoms with Crippen LogP contribution in [0, 0.1) is 0 Å². The molecule has 3 aromatic rings. The lowest BCUT2D eigenvalue weighted by Crippen LogP contribution is -2.15. The first-order chi connectivity index (χ1) is 14.1. The fraction of sp³-hybridized carbons (Fsp3) is 0.143. The Labute approximate surface area is 167 Å². The summed E-state index contributed by atoms with van der Waals surface area (Å²) in [4.78, 5) is 32.1. The summed E-state index contributed by atoms with van der Waals surface area (Å²) in [6.07, 6.45) is 1.38. The van der Waals surface area contributed by atoms with Crippen LogP contribution in [0.3, 0.4) is 0 Å². The highest BCUT2D eigenvalue weighted by Gasteiger charge is 2.10. The molecule has 3 rings (SSSR count). The second-order valence-electron chi connectivity index (χ2n) is 5.86. The first-order valence-corrected chi connectivity index (χ1v) is 8.66. The van der Waals surface area contributed by atoms with Gasteiger partial charge in [-0.1, -0.05) is 6.07 Å². The fourth-order valence-electron chi connectivity index (χ4n) is 2.46. The number of carbonyl (C=O) groups excluding carboxylic acids is 2. The third-order valence-corrected chi connectivity index (χ3v) is 3.98. The van der Waals surface area contributed by atoms with Crippen LogP contribution in [0.15, 0.2) is 60.9 Å². The maximum absolute atomic E-state index is 12.6. The predicted molar refractivity (Wildman–Crippen MR) is 106 cm³/mol. The average Bonchev–Trinajstić information content (AvgIpc) is 2.78. The van der Waals surface area contributed by atoms with Crippen LogP contribution in [0.25, 0.3) is 11.3 Å². The van der Waals surface area contributed by atoms with Crippen molar-refractivity contribution in [3.63, 3.8) is 0 Å². The number of aromatic nitrogens is 2. The van der Waals surface area contributed by atoms with Crippen molar-refractivity contribution in [1.82, 2.24) is 9.97 Å². The molecule has 1 aromatic heterocycles. The van der Waals surface area contributed by atoms with Gasteiger partial charge in [-0.3, -0.25) is 4.79 Å². The molecule has 1 N–H and O–H groups in total. The molecular weight excluding hydrogens is 374 g/mol. The Morgan fingerprint density at radius 3 is 2.48 bits per heavy atom. The smallest absolute Gasteiger partial charge is 0.343 e. The van der Waals surface area contributed by atoms with Gasteiger partial charge in [0.25, 0.3) is 5.91 Å². The van der Waals surface area contributed by atoms with Crippen LogP contribution in [0.4, 0.5) is 5.82 Å². The Kier molecular flexibility index (Phi) is 6.36. The predicted octanol–water partition coefficient (Wildman–Crippen LogP) is 2.96. The molecule has 0 spiro atoms. The molecule has 0 aliphatic heterocycles. The van der Waals surface area contributed by atoms with E-state index in [1.807, 2.05) is 24.3 Å². The minimum absolute atomic E-state index is 0.237. The lowest BCUT2D eigenvalue weighted by atomic mass is 10.1. The molecule has 0 bridgehead atoms. The summed E-state index contributed by atoms with van der Waals surface area (Å²) in [5.41, 5.74) is 1.88. The lowest BCUT2D eigenvalue weighted by Gasteiger charge is -2.09. The zero-order chi connectivity index (χ0) is 20.6. The molecule has 0 aliphatic carbocycles. The van der Waals surface area contributed by atoms with Crippen LogP contribution in [-0.2, 0) is 9.53 Å². The molecule has 148 valence electrons. The molecule has 0 saturated heterocycles. The zero-order valence-electron chi connectivity index (χ0n) is 15.9. The van der Waals surface area contributed by atoms with Crippen molar-refractivity contribution < 1.29 is 23.8 Å². The maximum Gasteiger partial charge on any atom is 0.343 e. The van der Waals surface area contributed by atoms with Gasteiger partial charge >= 0.3 is 5.97 Å². The van der Waals surface area contributed by atoms with Gasteiger partial charge in [0.1, 0.15) is 23.6 Å². The molecule has 0 unspecified atom stereocenters. The Hall–Kier alpha value is -3.94. The van der Waals surface area contributed by atoms with E-state index in [9.17, 15) is 9.59 Å². The molecule has 29 heavy (non-hydrogen) atoms. The van der Waals surface area contributed by atoms with E-state index in [-0.39, 0.29) is 12.5 Å². The third kappa shape index (κ3) is 5.29. The van der Waals surface area contributed by atoms with Crippen molar-refractivity contribution in [3.05, 3.63) is 66.5 Å². The number of nitrogens with zero attached hydrogens (tertiary/aromatic N) is 2. The first kappa shape index (κ1) is 19.8. The molecular formula is C21H19N3O5. The number of amides is 1. The Morgan fingerprint density at radius 1 is 0.966 bits per heavy atom. The third-order valence-electron chi connectivity index (χ3n) is 3.98. The van der Waals surface area contributed by atoms with Gasteiger partial charge < -0.3 is 19.5 Å². The summed E-state index contributed by atoms with van der Waals surface area (Å²) in [5.74, 6) is 0.604. The number of methoxy groups -OCH3 is 2. The first-order valence-electron chi connectivity index (χ1n) is 8.66. The van der Waals surface area contributed by atoms with Crippen LogP contribution in [0.5, 0.6) is 11.5 Å². The standard InChI is InChI=1S/C21H19N3O5/c1-27-16-8-6-14(7-9-16)18-11-19(23-13-22-18)24-21(26)15-4-3-5-17(10-15)29-12-20(25)28-2/h3-11,13H,12H2,1-2H3,(H,22,23,24,26). The number of rotatable bonds is 7. The topological polar surface area (TPSA) is 99.6 Å². The highest BCUT2D eigenvalue weighted by molar-refractivity contribution is 6.04. The van der Waals surface area contributed by atoms with Gasteiger partial charge in [0, 0.05) is 17.2 Å². The number of anilines is 1. The minimum atomic E-state index is -0.507. The average molecular weight is 393 g/mol. The Morgan fingerprint density at radius 2 is 1.76 bits per heavy atom. The summed E-state index contributed by atoms with van der Waals surface area (Å²) in [6, 6.07) is 15.5. The van der Waals surface area contributed by atoms with Gasteiger partial charge in [0.15, 0.2) is 6.61 Å². The number of esters is 1. The van der Waals surface area contributed by atoms with Crippen molar-refractivity contribution in [2.24, 2.45) is 0 Å². The van der Waals surface area contributed by atoms with Crippen molar-refractivity contribution in [2.45, 2.75) is 0 Å². The van der Waals surface area contributed by atoms with Crippen molar-refractivity contribution in [1.29, 1.82) is 0 Å². The summed E-state index contributed by atoms with van der Waals surface area (Å²) < 4.78 is 15.0. The molecule has 1 amide bonds. The van der Waals surface area contributed by atoms with E-state index < -0.39 is 5.97 Å². The number of ether oxygens (including phenoxy) is 3. The Bertz CT molecular complexity index is 1010. The molecule has 8 nitrogen and oxygen atoms in total. The van der Waals surface area contributed by atoms with Crippen LogP contribution in [-0.4, -0.2) is 42.7 Å². The zero-order valence-corrected chi connectivity index (χ0v) is 15.9. The fourth-order valence-corrected chi connectivity index (χ4v) is 2.46. The van der Waals surface area contributed by atoms with E-state index in [1.54, 1.807) is 31.4 Å². The van der Waals surface area contributed by atoms with E-state index in [1.165, 1.54) is 19.5 Å². The van der Waals surface area contributed by atoms with E-state index >= 15 is 0 Å². The second-order valence-corrected chi connectivity index (χ2v) is 5.86. The van der Waals surface area contributed by atoms with Crippen LogP contribution in [0.2, 0.25) is 0 Å². The van der Waals surface area contributed by atoms with Crippen LogP contribution >= 0.6 is 0 Å². The molecule has 0 aliphatic rings. The molecule has 0 fully saturated rings. The number of carbonyl (C=O) groups is 2. The molecule has 1 heterocycles. The number of hydrogen-bond donors (Lipinski definition) is 1. The van der Waals surface area contributed by atoms with Crippen LogP contribution in [0.1, 0.15) is 10.4 Å². The molecule has 2 aromatic carbocycles. The lowest BCUT2D eigenvalue weighted by molar-refractivity contribution is -0.142. The van der Waals surface area contributed by atoms with E-state index in [2.05, 4.69) is 20.0 Å². The summed E-state index contributed by atoms with van der Waals surface area (Å²) in [6.45, 7) is -0.237. The van der Waals surface area contributed by atoms with Gasteiger partial charge in [-0.2, -0.15) is 0 Å². The van der Waals surface area contributed by atoms with E-state index in [0.717, 1.165) is 11.3 Å². The van der Waals surface area contributed by atoms with Gasteiger partial charge in [-0.25, -0.2) is 14.8 Å². The maximum atomic E-state index is 12.6. The van der Waals surface area contributed by atoms with Crippen LogP contribution < -0.4 is 14.8 Å². The summed E-state index contributed by atoms with van der Waals surface area (Å²) >= 11 is 0. The van der Waals surface area contributed by atoms with Gasteiger partial charge in [-0.15, -0.1) is 0 Å². The SMILES string of the molecule is COC(=O)COc1cccc(C(=O)Nc2cc(-c3ccc(OC)cc3)ncn2)c1. The second kappa shape index (κ2) is 9.32. The van der Waals surface area contributed by atoms with E-state index in [4.69, 9.17) is 9.47 Å². The Balaban J connectivity index is 1.71. The highest BCUT2D eigenvalue weighted by Crippen LogP contribution is 2.22. The molecule has 8 heteroatoms.